The molecule has 12 aromatic carbocycles. The van der Waals surface area contributed by atoms with Crippen LogP contribution in [0.5, 0.6) is 0 Å². The lowest BCUT2D eigenvalue weighted by Crippen LogP contribution is -2.38. The van der Waals surface area contributed by atoms with Crippen LogP contribution in [0.25, 0.3) is 66.8 Å². The van der Waals surface area contributed by atoms with Crippen LogP contribution in [-0.2, 0) is 61.1 Å². The van der Waals surface area contributed by atoms with Crippen LogP contribution in [0.1, 0.15) is 197 Å². The van der Waals surface area contributed by atoms with E-state index in [9.17, 15) is 19.2 Å². The Hall–Kier alpha value is -10.8. The summed E-state index contributed by atoms with van der Waals surface area (Å²) >= 11 is 0. The third kappa shape index (κ3) is 12.9. The van der Waals surface area contributed by atoms with Crippen LogP contribution in [0.2, 0.25) is 0 Å². The third-order valence-corrected chi connectivity index (χ3v) is 26.8. The minimum atomic E-state index is -0.333. The van der Waals surface area contributed by atoms with Gasteiger partial charge in [0.15, 0.2) is 0 Å². The lowest BCUT2D eigenvalue weighted by molar-refractivity contribution is -0.118. The molecule has 0 bridgehead atoms. The number of ether oxygens (including phenoxy) is 2. The van der Waals surface area contributed by atoms with Crippen molar-refractivity contribution in [2.75, 3.05) is 27.4 Å². The summed E-state index contributed by atoms with van der Waals surface area (Å²) in [5, 5.41) is 0. The molecule has 0 saturated carbocycles. The summed E-state index contributed by atoms with van der Waals surface area (Å²) < 4.78 is 11.2. The molecular weight excluding hydrogens is 1370 g/mol. The van der Waals surface area contributed by atoms with Gasteiger partial charge in [-0.2, -0.15) is 0 Å². The second kappa shape index (κ2) is 31.4. The minimum Gasteiger partial charge on any atom is -0.385 e. The molecule has 6 aliphatic carbocycles. The van der Waals surface area contributed by atoms with Crippen LogP contribution in [0.15, 0.2) is 291 Å². The number of hydrogen-bond donors (Lipinski definition) is 0. The summed E-state index contributed by atoms with van der Waals surface area (Å²) in [7, 11) is 3.64. The van der Waals surface area contributed by atoms with Gasteiger partial charge in [0.05, 0.1) is 0 Å². The van der Waals surface area contributed by atoms with E-state index in [2.05, 4.69) is 291 Å². The number of ketones is 4. The van der Waals surface area contributed by atoms with Gasteiger partial charge < -0.3 is 28.7 Å². The molecule has 0 unspecified atom stereocenters. The number of hydrogen-bond acceptors (Lipinski definition) is 6. The van der Waals surface area contributed by atoms with E-state index in [-0.39, 0.29) is 55.6 Å². The maximum atomic E-state index is 12.5. The fourth-order valence-electron chi connectivity index (χ4n) is 22.1. The molecule has 0 aromatic heterocycles. The van der Waals surface area contributed by atoms with Crippen LogP contribution in [0, 0.1) is 0 Å². The van der Waals surface area contributed by atoms with Crippen LogP contribution in [0.4, 0.5) is 0 Å². The van der Waals surface area contributed by atoms with E-state index in [0.29, 0.717) is 25.7 Å². The van der Waals surface area contributed by atoms with E-state index >= 15 is 0 Å². The largest absolute Gasteiger partial charge is 0.385 e. The molecule has 562 valence electrons. The number of carbonyl (C=O) groups excluding carboxylic acids is 4. The molecule has 0 saturated heterocycles. The second-order valence-corrected chi connectivity index (χ2v) is 32.9. The van der Waals surface area contributed by atoms with Gasteiger partial charge in [0.1, 0.15) is 23.1 Å². The fourth-order valence-corrected chi connectivity index (χ4v) is 22.1. The van der Waals surface area contributed by atoms with E-state index in [1.54, 1.807) is 27.7 Å². The topological polar surface area (TPSA) is 86.7 Å². The van der Waals surface area contributed by atoms with Gasteiger partial charge in [0.25, 0.3) is 0 Å². The molecule has 0 aliphatic heterocycles. The third-order valence-electron chi connectivity index (χ3n) is 26.8. The van der Waals surface area contributed by atoms with Crippen LogP contribution < -0.4 is 0 Å². The Morgan fingerprint density at radius 2 is 0.348 bits per heavy atom. The van der Waals surface area contributed by atoms with Gasteiger partial charge in [-0.1, -0.05) is 291 Å². The van der Waals surface area contributed by atoms with Crippen LogP contribution in [-0.4, -0.2) is 50.6 Å². The number of benzene rings is 12. The number of carbonyl (C=O) groups is 4. The summed E-state index contributed by atoms with van der Waals surface area (Å²) in [6, 6.07) is 106. The van der Waals surface area contributed by atoms with E-state index in [0.717, 1.165) is 90.3 Å². The zero-order valence-corrected chi connectivity index (χ0v) is 65.9. The SMILES string of the molecule is CC(=O)CCC1(CC2(CCC(C)=O)c3ccccc3-c3ccccc32)c2ccccc2-c2ccccc21.CC(=O)CCC1(CCC2(CCC(C)=O)c3ccccc3-c3ccccc32)c2ccccc2-c2ccccc21.COCCCC1(CC2(CCCOC)c3ccccc3-c3ccccc32)c2ccccc2-c2ccccc21. The fraction of sp³-hybridized carbons (Fsp3) is 0.283. The van der Waals surface area contributed by atoms with Gasteiger partial charge in [-0.05, 0) is 238 Å². The number of methoxy groups -OCH3 is 2. The molecule has 0 spiro atoms. The Bertz CT molecular complexity index is 4940. The lowest BCUT2D eigenvalue weighted by atomic mass is 9.59. The maximum Gasteiger partial charge on any atom is 0.129 e. The van der Waals surface area contributed by atoms with Crippen molar-refractivity contribution in [1.29, 1.82) is 0 Å². The van der Waals surface area contributed by atoms with Gasteiger partial charge in [-0.15, -0.1) is 0 Å². The van der Waals surface area contributed by atoms with Crippen molar-refractivity contribution >= 4 is 23.1 Å². The lowest BCUT2D eigenvalue weighted by Gasteiger charge is -2.43. The molecule has 112 heavy (non-hydrogen) atoms. The molecule has 6 heteroatoms. The Morgan fingerprint density at radius 1 is 0.205 bits per heavy atom. The van der Waals surface area contributed by atoms with Crippen LogP contribution in [0.3, 0.4) is 0 Å². The van der Waals surface area contributed by atoms with Crippen LogP contribution >= 0.6 is 0 Å². The van der Waals surface area contributed by atoms with E-state index in [1.807, 2.05) is 14.2 Å². The first-order chi connectivity index (χ1) is 54.7. The molecule has 6 aliphatic rings. The number of fused-ring (bicyclic) bond motifs is 18. The molecule has 6 nitrogen and oxygen atoms in total. The summed E-state index contributed by atoms with van der Waals surface area (Å²) in [6.07, 6.45) is 13.1. The van der Waals surface area contributed by atoms with E-state index < -0.39 is 0 Å². The van der Waals surface area contributed by atoms with Gasteiger partial charge >= 0.3 is 0 Å². The van der Waals surface area contributed by atoms with Gasteiger partial charge in [0, 0.05) is 85.6 Å². The van der Waals surface area contributed by atoms with E-state index in [4.69, 9.17) is 9.47 Å². The summed E-state index contributed by atoms with van der Waals surface area (Å²) in [6.45, 7) is 8.36. The average molecular weight is 1470 g/mol. The molecule has 0 radical (unpaired) electrons. The highest BCUT2D eigenvalue weighted by Gasteiger charge is 2.55. The molecule has 0 heterocycles. The Balaban J connectivity index is 0.000000127. The quantitative estimate of drug-likeness (QED) is 0.0477. The van der Waals surface area contributed by atoms with Crippen molar-refractivity contribution in [3.63, 3.8) is 0 Å². The second-order valence-electron chi connectivity index (χ2n) is 32.9. The standard InChI is InChI=1S/C36H34O2.C35H36O2.C35H32O2/c1-25(37)19-21-35(31-15-7-3-11-27(31)28-12-4-8-16-32(28)35)23-24-36(22-20-26(2)38)33-17-9-5-13-29(33)30-14-6-10-18-34(30)36;1-36-23-11-21-34(30-17-7-3-13-26(30)27-14-4-8-18-31(27)34)25-35(22-12-24-37-2)32-19-9-5-15-28(32)29-16-6-10-20-33(29)35;1-24(36)19-21-34(30-15-7-3-11-26(30)27-12-4-8-16-31(27)34)23-35(22-20-25(2)37)32-17-9-5-13-28(32)29-14-6-10-18-33(29)35/h3-18H,19-24H2,1-2H3;3-10,13-20H,11-12,21-25H2,1-2H3;3-18H,19-23H2,1-2H3. The molecular formula is C106H102O6. The predicted molar refractivity (Wildman–Crippen MR) is 456 cm³/mol. The summed E-state index contributed by atoms with van der Waals surface area (Å²) in [5.41, 5.74) is 30.9. The molecule has 0 amide bonds. The van der Waals surface area contributed by atoms with Gasteiger partial charge in [-0.25, -0.2) is 0 Å². The predicted octanol–water partition coefficient (Wildman–Crippen LogP) is 24.6. The smallest absolute Gasteiger partial charge is 0.129 e. The maximum absolute atomic E-state index is 12.5. The van der Waals surface area contributed by atoms with Crippen molar-refractivity contribution in [3.05, 3.63) is 358 Å². The van der Waals surface area contributed by atoms with Crippen molar-refractivity contribution in [2.24, 2.45) is 0 Å². The average Bonchev–Trinajstić information content (AvgIpc) is 1.54. The zero-order valence-electron chi connectivity index (χ0n) is 65.9. The summed E-state index contributed by atoms with van der Waals surface area (Å²) in [5.74, 6) is 0.890. The van der Waals surface area contributed by atoms with E-state index in [1.165, 1.54) is 134 Å². The Kier molecular flexibility index (Phi) is 21.1. The number of Topliss-reactive ketones (excluding diaryl/α,β-unsaturated/α-hetero) is 4. The highest BCUT2D eigenvalue weighted by molar-refractivity contribution is 5.89. The van der Waals surface area contributed by atoms with Crippen molar-refractivity contribution < 1.29 is 28.7 Å². The number of rotatable bonds is 27. The Labute approximate surface area is 662 Å². The van der Waals surface area contributed by atoms with Gasteiger partial charge in [-0.3, -0.25) is 0 Å². The van der Waals surface area contributed by atoms with Gasteiger partial charge in [0.2, 0.25) is 0 Å². The minimum absolute atomic E-state index is 0.0939. The molecule has 18 rings (SSSR count). The molecule has 0 atom stereocenters. The van der Waals surface area contributed by atoms with Crippen molar-refractivity contribution in [3.8, 4) is 66.8 Å². The monoisotopic (exact) mass is 1470 g/mol. The Morgan fingerprint density at radius 3 is 0.509 bits per heavy atom. The first kappa shape index (κ1) is 75.3. The first-order valence-electron chi connectivity index (χ1n) is 40.8. The normalized spacial score (nSPS) is 15.4. The summed E-state index contributed by atoms with van der Waals surface area (Å²) in [4.78, 5) is 49.6. The molecule has 0 N–H and O–H groups in total. The highest BCUT2D eigenvalue weighted by Crippen LogP contribution is 2.66. The van der Waals surface area contributed by atoms with Crippen molar-refractivity contribution in [1.82, 2.24) is 0 Å². The highest BCUT2D eigenvalue weighted by atomic mass is 16.5. The van der Waals surface area contributed by atoms with Crippen molar-refractivity contribution in [2.45, 2.75) is 163 Å². The molecule has 12 aromatic rings. The zero-order chi connectivity index (χ0) is 77.2. The first-order valence-corrected chi connectivity index (χ1v) is 40.8. The molecule has 0 fully saturated rings.